The van der Waals surface area contributed by atoms with Crippen molar-refractivity contribution in [3.05, 3.63) is 125 Å². The molecule has 7 rings (SSSR count). The second kappa shape index (κ2) is 16.1. The summed E-state index contributed by atoms with van der Waals surface area (Å²) in [7, 11) is 5.84. The number of nitrogens with one attached hydrogen (secondary N) is 3. The van der Waals surface area contributed by atoms with Crippen LogP contribution in [0.1, 0.15) is 0 Å². The zero-order valence-corrected chi connectivity index (χ0v) is 25.8. The first-order valence-electron chi connectivity index (χ1n) is 12.8. The first-order chi connectivity index (χ1) is 20.3. The van der Waals surface area contributed by atoms with Gasteiger partial charge in [-0.3, -0.25) is 0 Å². The van der Waals surface area contributed by atoms with Crippen molar-refractivity contribution in [1.82, 2.24) is 32.6 Å². The molecule has 15 nitrogen and oxygen atoms in total. The molecule has 16 heteroatoms. The molecule has 0 radical (unpaired) electrons. The van der Waals surface area contributed by atoms with Crippen LogP contribution in [0.5, 0.6) is 0 Å². The minimum atomic E-state index is -0.860. The quantitative estimate of drug-likeness (QED) is 0.0817. The second-order valence-electron chi connectivity index (χ2n) is 9.13. The van der Waals surface area contributed by atoms with Crippen molar-refractivity contribution in [2.24, 2.45) is 5.18 Å². The number of para-hydroxylation sites is 3. The van der Waals surface area contributed by atoms with Crippen molar-refractivity contribution >= 4 is 44.3 Å². The van der Waals surface area contributed by atoms with Crippen LogP contribution in [0.15, 0.2) is 120 Å². The van der Waals surface area contributed by atoms with Gasteiger partial charge in [-0.25, -0.2) is 0 Å². The molecule has 0 bridgehead atoms. The van der Waals surface area contributed by atoms with Gasteiger partial charge in [0.05, 0.1) is 16.9 Å². The molecule has 3 heterocycles. The molecule has 0 amide bonds. The van der Waals surface area contributed by atoms with Crippen LogP contribution >= 0.6 is 0 Å². The molecule has 7 N–H and O–H groups in total. The highest BCUT2D eigenvalue weighted by atomic mass is 27.2. The summed E-state index contributed by atoms with van der Waals surface area (Å²) in [6.07, 6.45) is 0. The van der Waals surface area contributed by atoms with E-state index < -0.39 is 20.8 Å². The topological polar surface area (TPSA) is 195 Å². The molecular formula is C27H36AlN9O6+2. The molecule has 3 aliphatic rings. The van der Waals surface area contributed by atoms with Crippen molar-refractivity contribution in [3.63, 3.8) is 0 Å². The van der Waals surface area contributed by atoms with Gasteiger partial charge in [0, 0.05) is 44.0 Å². The van der Waals surface area contributed by atoms with Crippen LogP contribution in [0.2, 0.25) is 0 Å². The lowest BCUT2D eigenvalue weighted by Crippen LogP contribution is -2.28. The van der Waals surface area contributed by atoms with Crippen LogP contribution in [-0.2, 0) is 17.7 Å². The molecular weight excluding hydrogens is 573 g/mol. The van der Waals surface area contributed by atoms with E-state index in [0.29, 0.717) is 16.1 Å². The summed E-state index contributed by atoms with van der Waals surface area (Å²) < 4.78 is 10.5. The Labute approximate surface area is 256 Å². The van der Waals surface area contributed by atoms with Gasteiger partial charge in [-0.05, 0) is 61.1 Å². The molecule has 0 unspecified atom stereocenters. The molecule has 3 saturated heterocycles. The molecule has 0 aliphatic carbocycles. The Kier molecular flexibility index (Phi) is 12.6. The fourth-order valence-electron chi connectivity index (χ4n) is 3.34. The lowest BCUT2D eigenvalue weighted by Gasteiger charge is -2.15. The SMILES string of the molecule is CN(C)c1ccc(N=O)cc1.C[N@@+]1(c2ccccc2)NO1.[NH4+].[O-][N@@+]1(c2ccccc2)NO1.c1ccc(N2N[O][AlH][O]2)cc1. The first kappa shape index (κ1) is 33.7. The number of hydrazine groups is 1. The van der Waals surface area contributed by atoms with Crippen LogP contribution in [0.3, 0.4) is 0 Å². The standard InChI is InChI=1S/C8H10N2O.C7H9N2O.2C6H6N2O2.Al.H3N.H/c1-10(2)8-5-3-7(9-11)4-6-8;1-9(8-10-9)7-5-3-2-4-6-7;9-8(7-10-8)6-4-2-1-3-5-6;9-7-8(10)6-4-2-1-3-5-6;;;/h3-6H,1-2H3;2-6,8H,1H3;2*1-5,7H;;1H3;/q;+1;;-2;+2;;/p+1/t;9-;8-;;;;/m.11..../s1. The predicted molar refractivity (Wildman–Crippen MR) is 168 cm³/mol. The summed E-state index contributed by atoms with van der Waals surface area (Å²) in [4.78, 5) is 20.5. The monoisotopic (exact) mass is 609 g/mol. The molecule has 0 spiro atoms. The van der Waals surface area contributed by atoms with Gasteiger partial charge >= 0.3 is 15.9 Å². The Morgan fingerprint density at radius 1 is 0.791 bits per heavy atom. The van der Waals surface area contributed by atoms with E-state index in [1.807, 2.05) is 105 Å². The third-order valence-electron chi connectivity index (χ3n) is 5.82. The second-order valence-corrected chi connectivity index (χ2v) is 9.91. The number of benzene rings is 4. The normalized spacial score (nSPS) is 20.6. The highest BCUT2D eigenvalue weighted by Crippen LogP contribution is 2.26. The molecule has 0 saturated carbocycles. The number of hydrogen-bond acceptors (Lipinski definition) is 12. The number of hydrogen-bond donors (Lipinski definition) is 4. The maximum absolute atomic E-state index is 11.0. The summed E-state index contributed by atoms with van der Waals surface area (Å²) in [5, 5.41) is 15.4. The molecule has 4 aromatic carbocycles. The Hall–Kier alpha value is -3.83. The van der Waals surface area contributed by atoms with E-state index in [1.165, 1.54) is 5.17 Å². The summed E-state index contributed by atoms with van der Waals surface area (Å²) in [6, 6.07) is 35.7. The number of quaternary nitrogens is 3. The van der Waals surface area contributed by atoms with E-state index in [-0.39, 0.29) is 6.15 Å². The summed E-state index contributed by atoms with van der Waals surface area (Å²) >= 11 is -0.833. The van der Waals surface area contributed by atoms with Gasteiger partial charge in [0.25, 0.3) is 0 Å². The number of nitroso groups, excluding NO2 is 1. The van der Waals surface area contributed by atoms with E-state index in [1.54, 1.807) is 36.4 Å². The third-order valence-corrected chi connectivity index (χ3v) is 6.43. The highest BCUT2D eigenvalue weighted by Gasteiger charge is 2.44. The number of anilines is 2. The van der Waals surface area contributed by atoms with Gasteiger partial charge in [0.2, 0.25) is 0 Å². The maximum Gasteiger partial charge on any atom is 0.693 e. The predicted octanol–water partition coefficient (Wildman–Crippen LogP) is 4.51. The summed E-state index contributed by atoms with van der Waals surface area (Å²) in [5.74, 6) is 0. The van der Waals surface area contributed by atoms with Crippen molar-refractivity contribution < 1.29 is 17.7 Å². The van der Waals surface area contributed by atoms with Crippen LogP contribution < -0.4 is 42.7 Å². The fourth-order valence-corrected chi connectivity index (χ4v) is 3.87. The Morgan fingerprint density at radius 3 is 1.72 bits per heavy atom. The number of hydroxylamine groups is 1. The van der Waals surface area contributed by atoms with E-state index in [2.05, 4.69) is 26.9 Å². The first-order valence-corrected chi connectivity index (χ1v) is 13.9. The van der Waals surface area contributed by atoms with Crippen LogP contribution in [-0.4, -0.2) is 37.0 Å². The van der Waals surface area contributed by atoms with Crippen LogP contribution in [0.25, 0.3) is 0 Å². The van der Waals surface area contributed by atoms with Crippen LogP contribution in [0, 0.1) is 10.1 Å². The Balaban J connectivity index is 0.000000156. The van der Waals surface area contributed by atoms with Crippen molar-refractivity contribution in [2.45, 2.75) is 0 Å². The van der Waals surface area contributed by atoms with Gasteiger partial charge in [-0.1, -0.05) is 54.6 Å². The average Bonchev–Trinajstić information content (AvgIpc) is 3.93. The van der Waals surface area contributed by atoms with Gasteiger partial charge < -0.3 is 24.0 Å². The minimum absolute atomic E-state index is 0. The molecule has 4 aromatic rings. The van der Waals surface area contributed by atoms with Gasteiger partial charge in [-0.15, -0.1) is 10.5 Å². The number of nitrogens with zero attached hydrogens (tertiary/aromatic N) is 5. The van der Waals surface area contributed by atoms with Crippen molar-refractivity contribution in [1.29, 1.82) is 0 Å². The molecule has 2 atom stereocenters. The minimum Gasteiger partial charge on any atom is -0.569 e. The summed E-state index contributed by atoms with van der Waals surface area (Å²) in [5.41, 5.74) is 11.8. The maximum atomic E-state index is 11.0. The van der Waals surface area contributed by atoms with Gasteiger partial charge in [0.15, 0.2) is 11.4 Å². The Bertz CT molecular complexity index is 1310. The van der Waals surface area contributed by atoms with Crippen molar-refractivity contribution in [2.75, 3.05) is 31.2 Å². The number of rotatable bonds is 5. The molecule has 3 fully saturated rings. The van der Waals surface area contributed by atoms with E-state index in [0.717, 1.165) is 17.1 Å². The smallest absolute Gasteiger partial charge is 0.569 e. The molecule has 226 valence electrons. The molecule has 0 aromatic heterocycles. The van der Waals surface area contributed by atoms with Gasteiger partial charge in [-0.2, -0.15) is 5.17 Å². The summed E-state index contributed by atoms with van der Waals surface area (Å²) in [6.45, 7) is 0. The van der Waals surface area contributed by atoms with E-state index in [4.69, 9.17) is 12.7 Å². The lowest BCUT2D eigenvalue weighted by molar-refractivity contribution is 0.198. The fraction of sp³-hybridized carbons (Fsp3) is 0.111. The highest BCUT2D eigenvalue weighted by molar-refractivity contribution is 6.18. The lowest BCUT2D eigenvalue weighted by atomic mass is 10.3. The molecule has 3 aliphatic heterocycles. The van der Waals surface area contributed by atoms with E-state index in [9.17, 15) is 10.1 Å². The zero-order valence-electron chi connectivity index (χ0n) is 24.4. The largest absolute Gasteiger partial charge is 0.693 e. The zero-order chi connectivity index (χ0) is 29.8. The van der Waals surface area contributed by atoms with Crippen LogP contribution in [0.4, 0.5) is 28.4 Å². The molecule has 43 heavy (non-hydrogen) atoms. The van der Waals surface area contributed by atoms with E-state index >= 15 is 0 Å². The Morgan fingerprint density at radius 2 is 1.30 bits per heavy atom. The van der Waals surface area contributed by atoms with Crippen molar-refractivity contribution in [3.8, 4) is 0 Å². The van der Waals surface area contributed by atoms with Gasteiger partial charge in [0.1, 0.15) is 12.7 Å². The average molecular weight is 610 g/mol. The third kappa shape index (κ3) is 10.4.